The van der Waals surface area contributed by atoms with E-state index in [-0.39, 0.29) is 5.91 Å². The molecule has 0 aliphatic carbocycles. The molecule has 0 saturated carbocycles. The highest BCUT2D eigenvalue weighted by atomic mass is 16.2. The number of carbonyl (C=O) groups excluding carboxylic acids is 1. The average Bonchev–Trinajstić information content (AvgIpc) is 3.31. The van der Waals surface area contributed by atoms with E-state index in [0.717, 1.165) is 73.3 Å². The van der Waals surface area contributed by atoms with Gasteiger partial charge < -0.3 is 15.2 Å². The minimum atomic E-state index is 0.277. The summed E-state index contributed by atoms with van der Waals surface area (Å²) in [6.45, 7) is 18.1. The standard InChI is InChI=1S/C31H44N6O/c1-8-14-34-15-11-28(38)36-16-12-23(13-17-36)24-9-10-27-25(18-24)29(20(2)3)30(35-27)26-19-37(33-7)31(32-6)22(5)21(26)4/h9-10,18-20,23,34-35H,7-8,11-17H2,1-6H3. The van der Waals surface area contributed by atoms with Crippen molar-refractivity contribution in [2.75, 3.05) is 33.2 Å². The molecule has 2 N–H and O–H groups in total. The van der Waals surface area contributed by atoms with Gasteiger partial charge in [0.15, 0.2) is 5.49 Å². The molecule has 7 nitrogen and oxygen atoms in total. The van der Waals surface area contributed by atoms with Crippen molar-refractivity contribution in [2.45, 2.75) is 72.1 Å². The molecule has 1 aliphatic rings. The van der Waals surface area contributed by atoms with Crippen molar-refractivity contribution in [1.82, 2.24) is 19.9 Å². The third-order valence-electron chi connectivity index (χ3n) is 8.11. The second-order valence-electron chi connectivity index (χ2n) is 10.9. The molecule has 0 unspecified atom stereocenters. The van der Waals surface area contributed by atoms with Gasteiger partial charge in [-0.25, -0.2) is 4.68 Å². The minimum Gasteiger partial charge on any atom is -0.354 e. The van der Waals surface area contributed by atoms with Crippen LogP contribution in [0.2, 0.25) is 0 Å². The Labute approximate surface area is 227 Å². The van der Waals surface area contributed by atoms with Crippen LogP contribution in [-0.4, -0.2) is 60.4 Å². The molecule has 0 atom stereocenters. The summed E-state index contributed by atoms with van der Waals surface area (Å²) in [4.78, 5) is 22.9. The highest BCUT2D eigenvalue weighted by Gasteiger charge is 2.25. The number of likely N-dealkylation sites (tertiary alicyclic amines) is 1. The van der Waals surface area contributed by atoms with Gasteiger partial charge in [0.2, 0.25) is 5.91 Å². The first-order valence-electron chi connectivity index (χ1n) is 14.1. The Balaban J connectivity index is 1.62. The summed E-state index contributed by atoms with van der Waals surface area (Å²) in [6, 6.07) is 6.89. The average molecular weight is 517 g/mol. The van der Waals surface area contributed by atoms with Crippen molar-refractivity contribution < 1.29 is 4.79 Å². The van der Waals surface area contributed by atoms with E-state index in [9.17, 15) is 4.79 Å². The molecular formula is C31H44N6O. The van der Waals surface area contributed by atoms with Crippen LogP contribution in [-0.2, 0) is 4.79 Å². The molecule has 1 aromatic carbocycles. The lowest BCUT2D eigenvalue weighted by Crippen LogP contribution is -2.39. The van der Waals surface area contributed by atoms with E-state index in [2.05, 4.69) is 84.8 Å². The smallest absolute Gasteiger partial charge is 0.223 e. The van der Waals surface area contributed by atoms with E-state index in [0.29, 0.717) is 18.3 Å². The summed E-state index contributed by atoms with van der Waals surface area (Å²) in [5.74, 6) is 1.09. The molecule has 204 valence electrons. The first-order chi connectivity index (χ1) is 18.3. The van der Waals surface area contributed by atoms with Crippen molar-refractivity contribution in [3.63, 3.8) is 0 Å². The second-order valence-corrected chi connectivity index (χ2v) is 10.9. The number of aromatic nitrogens is 2. The first-order valence-corrected chi connectivity index (χ1v) is 14.1. The van der Waals surface area contributed by atoms with Gasteiger partial charge in [-0.15, -0.1) is 0 Å². The Bertz CT molecular complexity index is 1370. The van der Waals surface area contributed by atoms with Gasteiger partial charge in [-0.1, -0.05) is 26.8 Å². The zero-order valence-electron chi connectivity index (χ0n) is 24.0. The molecule has 0 spiro atoms. The topological polar surface area (TPSA) is 77.8 Å². The van der Waals surface area contributed by atoms with Gasteiger partial charge >= 0.3 is 0 Å². The van der Waals surface area contributed by atoms with Crippen LogP contribution in [0, 0.1) is 13.8 Å². The van der Waals surface area contributed by atoms with E-state index in [4.69, 9.17) is 0 Å². The van der Waals surface area contributed by atoms with Crippen LogP contribution < -0.4 is 10.8 Å². The minimum absolute atomic E-state index is 0.277. The van der Waals surface area contributed by atoms with Crippen molar-refractivity contribution in [1.29, 1.82) is 0 Å². The van der Waals surface area contributed by atoms with Crippen molar-refractivity contribution >= 4 is 23.5 Å². The molecule has 2 aromatic heterocycles. The second kappa shape index (κ2) is 12.1. The maximum absolute atomic E-state index is 12.6. The number of fused-ring (bicyclic) bond motifs is 1. The van der Waals surface area contributed by atoms with Gasteiger partial charge in [-0.05, 0) is 85.9 Å². The van der Waals surface area contributed by atoms with Gasteiger partial charge in [-0.2, -0.15) is 5.10 Å². The van der Waals surface area contributed by atoms with E-state index in [1.807, 2.05) is 6.20 Å². The van der Waals surface area contributed by atoms with Gasteiger partial charge in [-0.3, -0.25) is 9.79 Å². The molecule has 7 heteroatoms. The molecule has 0 bridgehead atoms. The predicted octanol–water partition coefficient (Wildman–Crippen LogP) is 5.47. The number of hydrogen-bond acceptors (Lipinski definition) is 4. The van der Waals surface area contributed by atoms with Crippen LogP contribution in [0.4, 0.5) is 0 Å². The van der Waals surface area contributed by atoms with Crippen LogP contribution in [0.5, 0.6) is 0 Å². The molecule has 38 heavy (non-hydrogen) atoms. The Morgan fingerprint density at radius 2 is 1.92 bits per heavy atom. The van der Waals surface area contributed by atoms with Gasteiger partial charge in [0.25, 0.3) is 0 Å². The number of hydrogen-bond donors (Lipinski definition) is 2. The number of amides is 1. The molecule has 3 aromatic rings. The van der Waals surface area contributed by atoms with E-state index < -0.39 is 0 Å². The molecule has 1 aliphatic heterocycles. The van der Waals surface area contributed by atoms with Crippen molar-refractivity contribution in [2.24, 2.45) is 10.1 Å². The maximum Gasteiger partial charge on any atom is 0.223 e. The Kier molecular flexibility index (Phi) is 8.87. The number of nitrogens with zero attached hydrogens (tertiary/aromatic N) is 4. The van der Waals surface area contributed by atoms with Crippen LogP contribution >= 0.6 is 0 Å². The zero-order chi connectivity index (χ0) is 27.4. The fourth-order valence-electron chi connectivity index (χ4n) is 5.87. The highest BCUT2D eigenvalue weighted by Crippen LogP contribution is 2.39. The zero-order valence-corrected chi connectivity index (χ0v) is 24.0. The molecular weight excluding hydrogens is 472 g/mol. The molecule has 3 heterocycles. The quantitative estimate of drug-likeness (QED) is 0.292. The summed E-state index contributed by atoms with van der Waals surface area (Å²) >= 11 is 0. The summed E-state index contributed by atoms with van der Waals surface area (Å²) in [5.41, 5.74) is 9.25. The number of H-pyrrole nitrogens is 1. The Morgan fingerprint density at radius 1 is 1.18 bits per heavy atom. The van der Waals surface area contributed by atoms with Gasteiger partial charge in [0.05, 0.1) is 5.69 Å². The number of rotatable bonds is 9. The number of nitrogens with one attached hydrogen (secondary N) is 2. The Morgan fingerprint density at radius 3 is 2.55 bits per heavy atom. The first kappa shape index (κ1) is 27.8. The van der Waals surface area contributed by atoms with Crippen LogP contribution in [0.25, 0.3) is 22.2 Å². The number of pyridine rings is 1. The SMILES string of the molecule is C=Nn1cc(-c2[nH]c3ccc(C4CCN(C(=O)CCNCCC)CC4)cc3c2C(C)C)c(C)c(C)c1=NC. The Hall–Kier alpha value is -3.19. The van der Waals surface area contributed by atoms with Crippen molar-refractivity contribution in [3.05, 3.63) is 52.1 Å². The number of benzene rings is 1. The fraction of sp³-hybridized carbons (Fsp3) is 0.516. The number of carbonyl (C=O) groups is 1. The number of piperidine rings is 1. The fourth-order valence-corrected chi connectivity index (χ4v) is 5.87. The summed E-state index contributed by atoms with van der Waals surface area (Å²) in [7, 11) is 1.79. The molecule has 1 amide bonds. The summed E-state index contributed by atoms with van der Waals surface area (Å²) in [5, 5.41) is 8.83. The van der Waals surface area contributed by atoms with Crippen molar-refractivity contribution in [3.8, 4) is 11.3 Å². The summed E-state index contributed by atoms with van der Waals surface area (Å²) < 4.78 is 1.77. The third kappa shape index (κ3) is 5.48. The van der Waals surface area contributed by atoms with Gasteiger partial charge in [0.1, 0.15) is 0 Å². The molecule has 1 fully saturated rings. The van der Waals surface area contributed by atoms with Crippen LogP contribution in [0.1, 0.15) is 80.5 Å². The monoisotopic (exact) mass is 516 g/mol. The lowest BCUT2D eigenvalue weighted by Gasteiger charge is -2.32. The molecule has 0 radical (unpaired) electrons. The number of aromatic amines is 1. The molecule has 1 saturated heterocycles. The predicted molar refractivity (Wildman–Crippen MR) is 158 cm³/mol. The van der Waals surface area contributed by atoms with E-state index in [1.165, 1.54) is 22.1 Å². The maximum atomic E-state index is 12.6. The third-order valence-corrected chi connectivity index (χ3v) is 8.11. The van der Waals surface area contributed by atoms with Crippen LogP contribution in [0.3, 0.4) is 0 Å². The van der Waals surface area contributed by atoms with Gasteiger partial charge in [0, 0.05) is 62.5 Å². The van der Waals surface area contributed by atoms with E-state index in [1.54, 1.807) is 11.7 Å². The lowest BCUT2D eigenvalue weighted by molar-refractivity contribution is -0.132. The van der Waals surface area contributed by atoms with Crippen LogP contribution in [0.15, 0.2) is 34.5 Å². The summed E-state index contributed by atoms with van der Waals surface area (Å²) in [6.07, 6.45) is 5.75. The van der Waals surface area contributed by atoms with E-state index >= 15 is 0 Å². The lowest BCUT2D eigenvalue weighted by atomic mass is 9.87. The normalized spacial score (nSPS) is 15.1. The highest BCUT2D eigenvalue weighted by molar-refractivity contribution is 5.92. The largest absolute Gasteiger partial charge is 0.354 e. The molecule has 4 rings (SSSR count).